The summed E-state index contributed by atoms with van der Waals surface area (Å²) < 4.78 is 5.97. The highest BCUT2D eigenvalue weighted by Crippen LogP contribution is 2.39. The molecular weight excluding hydrogens is 324 g/mol. The Morgan fingerprint density at radius 1 is 1.12 bits per heavy atom. The van der Waals surface area contributed by atoms with E-state index in [9.17, 15) is 4.79 Å². The zero-order valence-corrected chi connectivity index (χ0v) is 15.3. The van der Waals surface area contributed by atoms with E-state index in [0.29, 0.717) is 19.1 Å². The van der Waals surface area contributed by atoms with Crippen molar-refractivity contribution in [2.24, 2.45) is 5.92 Å². The Bertz CT molecular complexity index is 762. The van der Waals surface area contributed by atoms with E-state index >= 15 is 0 Å². The van der Waals surface area contributed by atoms with Gasteiger partial charge in [-0.15, -0.1) is 0 Å². The van der Waals surface area contributed by atoms with Crippen molar-refractivity contribution in [2.75, 3.05) is 31.1 Å². The number of para-hydroxylation sites is 2. The Morgan fingerprint density at radius 3 is 2.69 bits per heavy atom. The van der Waals surface area contributed by atoms with Gasteiger partial charge >= 0.3 is 0 Å². The molecule has 0 N–H and O–H groups in total. The van der Waals surface area contributed by atoms with Gasteiger partial charge in [0.1, 0.15) is 12.4 Å². The second-order valence-corrected chi connectivity index (χ2v) is 7.45. The predicted molar refractivity (Wildman–Crippen MR) is 103 cm³/mol. The molecule has 4 rings (SSSR count). The number of carbonyl (C=O) groups excluding carboxylic acids is 1. The van der Waals surface area contributed by atoms with E-state index in [0.717, 1.165) is 30.1 Å². The molecule has 1 amide bonds. The van der Waals surface area contributed by atoms with E-state index in [2.05, 4.69) is 24.0 Å². The number of fused-ring (bicyclic) bond motifs is 1. The van der Waals surface area contributed by atoms with Crippen LogP contribution < -0.4 is 9.64 Å². The molecule has 2 aromatic carbocycles. The van der Waals surface area contributed by atoms with E-state index in [1.807, 2.05) is 47.4 Å². The van der Waals surface area contributed by atoms with Crippen LogP contribution in [0.25, 0.3) is 0 Å². The lowest BCUT2D eigenvalue weighted by Gasteiger charge is -2.39. The standard InChI is InChI=1S/C22H26N2O2/c1-17-8-7-13-23(14-17)15-22(25)24-19-11-5-6-12-21(19)26-16-20(24)18-9-3-2-4-10-18/h2-6,9-12,17,20H,7-8,13-16H2,1H3/t17-,20-/m0/s1. The molecule has 4 heteroatoms. The zero-order chi connectivity index (χ0) is 17.9. The third kappa shape index (κ3) is 3.47. The third-order valence-electron chi connectivity index (χ3n) is 5.39. The second-order valence-electron chi connectivity index (χ2n) is 7.45. The fraction of sp³-hybridized carbons (Fsp3) is 0.409. The van der Waals surface area contributed by atoms with Gasteiger partial charge in [0.25, 0.3) is 0 Å². The van der Waals surface area contributed by atoms with Crippen molar-refractivity contribution in [3.63, 3.8) is 0 Å². The summed E-state index contributed by atoms with van der Waals surface area (Å²) in [6.07, 6.45) is 2.44. The number of piperidine rings is 1. The smallest absolute Gasteiger partial charge is 0.241 e. The fourth-order valence-electron chi connectivity index (χ4n) is 4.12. The number of carbonyl (C=O) groups is 1. The molecule has 0 aromatic heterocycles. The van der Waals surface area contributed by atoms with Gasteiger partial charge in [0.15, 0.2) is 0 Å². The van der Waals surface area contributed by atoms with Gasteiger partial charge in [-0.2, -0.15) is 0 Å². The minimum Gasteiger partial charge on any atom is -0.489 e. The minimum absolute atomic E-state index is 0.0826. The van der Waals surface area contributed by atoms with E-state index in [4.69, 9.17) is 4.74 Å². The molecule has 1 saturated heterocycles. The number of hydrogen-bond donors (Lipinski definition) is 0. The van der Waals surface area contributed by atoms with Crippen LogP contribution in [-0.4, -0.2) is 37.0 Å². The summed E-state index contributed by atoms with van der Waals surface area (Å²) in [4.78, 5) is 17.6. The molecule has 2 aliphatic rings. The summed E-state index contributed by atoms with van der Waals surface area (Å²) in [6.45, 7) is 5.25. The largest absolute Gasteiger partial charge is 0.489 e. The lowest BCUT2D eigenvalue weighted by atomic mass is 10.00. The number of benzene rings is 2. The predicted octanol–water partition coefficient (Wildman–Crippen LogP) is 3.89. The van der Waals surface area contributed by atoms with Gasteiger partial charge in [-0.25, -0.2) is 0 Å². The van der Waals surface area contributed by atoms with Crippen LogP contribution >= 0.6 is 0 Å². The number of anilines is 1. The molecule has 2 aliphatic heterocycles. The van der Waals surface area contributed by atoms with Crippen molar-refractivity contribution >= 4 is 11.6 Å². The molecule has 0 spiro atoms. The molecule has 0 aliphatic carbocycles. The maximum Gasteiger partial charge on any atom is 0.241 e. The summed E-state index contributed by atoms with van der Waals surface area (Å²) in [6, 6.07) is 18.0. The summed E-state index contributed by atoms with van der Waals surface area (Å²) >= 11 is 0. The number of ether oxygens (including phenoxy) is 1. The van der Waals surface area contributed by atoms with Crippen molar-refractivity contribution in [3.8, 4) is 5.75 Å². The quantitative estimate of drug-likeness (QED) is 0.842. The SMILES string of the molecule is C[C@H]1CCCN(CC(=O)N2c3ccccc3OC[C@H]2c2ccccc2)C1. The van der Waals surface area contributed by atoms with Crippen molar-refractivity contribution < 1.29 is 9.53 Å². The van der Waals surface area contributed by atoms with E-state index < -0.39 is 0 Å². The Kier molecular flexibility index (Phi) is 4.93. The van der Waals surface area contributed by atoms with Crippen LogP contribution in [0.15, 0.2) is 54.6 Å². The van der Waals surface area contributed by atoms with E-state index in [1.165, 1.54) is 12.8 Å². The average Bonchev–Trinajstić information content (AvgIpc) is 2.67. The van der Waals surface area contributed by atoms with E-state index in [-0.39, 0.29) is 11.9 Å². The van der Waals surface area contributed by atoms with Crippen LogP contribution in [0, 0.1) is 5.92 Å². The monoisotopic (exact) mass is 350 g/mol. The molecule has 136 valence electrons. The maximum atomic E-state index is 13.3. The van der Waals surface area contributed by atoms with Gasteiger partial charge in [0.05, 0.1) is 18.3 Å². The van der Waals surface area contributed by atoms with Crippen LogP contribution in [0.1, 0.15) is 31.4 Å². The Morgan fingerprint density at radius 2 is 1.88 bits per heavy atom. The highest BCUT2D eigenvalue weighted by molar-refractivity contribution is 5.97. The minimum atomic E-state index is -0.0826. The molecule has 0 saturated carbocycles. The van der Waals surface area contributed by atoms with Gasteiger partial charge in [0.2, 0.25) is 5.91 Å². The number of nitrogens with zero attached hydrogens (tertiary/aromatic N) is 2. The molecule has 2 atom stereocenters. The maximum absolute atomic E-state index is 13.3. The van der Waals surface area contributed by atoms with E-state index in [1.54, 1.807) is 0 Å². The fourth-order valence-corrected chi connectivity index (χ4v) is 4.12. The number of rotatable bonds is 3. The lowest BCUT2D eigenvalue weighted by molar-refractivity contribution is -0.121. The van der Waals surface area contributed by atoms with Gasteiger partial charge in [0, 0.05) is 6.54 Å². The van der Waals surface area contributed by atoms with Crippen molar-refractivity contribution in [1.82, 2.24) is 4.90 Å². The first-order chi connectivity index (χ1) is 12.7. The molecule has 26 heavy (non-hydrogen) atoms. The first-order valence-corrected chi connectivity index (χ1v) is 9.53. The molecule has 0 bridgehead atoms. The highest BCUT2D eigenvalue weighted by Gasteiger charge is 2.34. The second kappa shape index (κ2) is 7.50. The molecule has 4 nitrogen and oxygen atoms in total. The normalized spacial score (nSPS) is 23.2. The lowest BCUT2D eigenvalue weighted by Crippen LogP contribution is -2.47. The van der Waals surface area contributed by atoms with Gasteiger partial charge in [-0.05, 0) is 43.0 Å². The molecule has 0 unspecified atom stereocenters. The summed E-state index contributed by atoms with van der Waals surface area (Å²) in [7, 11) is 0. The zero-order valence-electron chi connectivity index (χ0n) is 15.3. The summed E-state index contributed by atoms with van der Waals surface area (Å²) in [5.41, 5.74) is 1.99. The van der Waals surface area contributed by atoms with Crippen molar-refractivity contribution in [3.05, 3.63) is 60.2 Å². The highest BCUT2D eigenvalue weighted by atomic mass is 16.5. The first kappa shape index (κ1) is 17.1. The summed E-state index contributed by atoms with van der Waals surface area (Å²) in [5, 5.41) is 0. The van der Waals surface area contributed by atoms with Crippen LogP contribution in [0.2, 0.25) is 0 Å². The Labute approximate surface area is 155 Å². The van der Waals surface area contributed by atoms with Crippen LogP contribution in [0.4, 0.5) is 5.69 Å². The molecule has 2 heterocycles. The number of likely N-dealkylation sites (tertiary alicyclic amines) is 1. The van der Waals surface area contributed by atoms with Crippen LogP contribution in [0.3, 0.4) is 0 Å². The number of amides is 1. The van der Waals surface area contributed by atoms with Gasteiger partial charge < -0.3 is 4.74 Å². The Balaban J connectivity index is 1.63. The van der Waals surface area contributed by atoms with Crippen molar-refractivity contribution in [2.45, 2.75) is 25.8 Å². The van der Waals surface area contributed by atoms with Gasteiger partial charge in [-0.3, -0.25) is 14.6 Å². The molecular formula is C22H26N2O2. The third-order valence-corrected chi connectivity index (χ3v) is 5.39. The number of hydrogen-bond acceptors (Lipinski definition) is 3. The molecule has 1 fully saturated rings. The Hall–Kier alpha value is -2.33. The van der Waals surface area contributed by atoms with Crippen LogP contribution in [0.5, 0.6) is 5.75 Å². The summed E-state index contributed by atoms with van der Waals surface area (Å²) in [5.74, 6) is 1.61. The molecule has 0 radical (unpaired) electrons. The van der Waals surface area contributed by atoms with Crippen molar-refractivity contribution in [1.29, 1.82) is 0 Å². The average molecular weight is 350 g/mol. The van der Waals surface area contributed by atoms with Gasteiger partial charge in [-0.1, -0.05) is 49.4 Å². The topological polar surface area (TPSA) is 32.8 Å². The first-order valence-electron chi connectivity index (χ1n) is 9.53. The van der Waals surface area contributed by atoms with Crippen LogP contribution in [-0.2, 0) is 4.79 Å². The molecule has 2 aromatic rings.